The Morgan fingerprint density at radius 1 is 1.14 bits per heavy atom. The monoisotopic (exact) mass is 418 g/mol. The lowest BCUT2D eigenvalue weighted by molar-refractivity contribution is -0.210. The third kappa shape index (κ3) is 4.82. The van der Waals surface area contributed by atoms with Gasteiger partial charge >= 0.3 is 0 Å². The van der Waals surface area contributed by atoms with Gasteiger partial charge in [0.2, 0.25) is 0 Å². The zero-order valence-corrected chi connectivity index (χ0v) is 17.1. The molecule has 3 rings (SSSR count). The van der Waals surface area contributed by atoms with Gasteiger partial charge in [-0.2, -0.15) is 0 Å². The Labute approximate surface area is 176 Å². The highest BCUT2D eigenvalue weighted by Gasteiger charge is 2.44. The van der Waals surface area contributed by atoms with Crippen LogP contribution in [0.3, 0.4) is 0 Å². The Kier molecular flexibility index (Phi) is 7.33. The number of halogens is 1. The number of aliphatic hydroxyl groups excluding tert-OH is 3. The summed E-state index contributed by atoms with van der Waals surface area (Å²) in [6, 6.07) is 13.2. The van der Waals surface area contributed by atoms with Crippen LogP contribution in [0.25, 0.3) is 0 Å². The van der Waals surface area contributed by atoms with E-state index in [1.165, 1.54) is 0 Å². The summed E-state index contributed by atoms with van der Waals surface area (Å²) in [5.41, 5.74) is 2.66. The largest absolute Gasteiger partial charge is 0.497 e. The van der Waals surface area contributed by atoms with Crippen LogP contribution in [0, 0.1) is 5.92 Å². The molecule has 0 spiro atoms. The van der Waals surface area contributed by atoms with E-state index < -0.39 is 30.3 Å². The van der Waals surface area contributed by atoms with Crippen molar-refractivity contribution in [1.29, 1.82) is 0 Å². The lowest BCUT2D eigenvalue weighted by Gasteiger charge is -2.42. The highest BCUT2D eigenvalue weighted by atomic mass is 35.5. The van der Waals surface area contributed by atoms with Crippen molar-refractivity contribution in [2.45, 2.75) is 37.3 Å². The van der Waals surface area contributed by atoms with Gasteiger partial charge in [-0.15, -0.1) is 6.58 Å². The molecule has 3 N–H and O–H groups in total. The topological polar surface area (TPSA) is 79.2 Å². The number of benzene rings is 2. The van der Waals surface area contributed by atoms with E-state index in [1.54, 1.807) is 25.3 Å². The van der Waals surface area contributed by atoms with Gasteiger partial charge in [0, 0.05) is 10.9 Å². The van der Waals surface area contributed by atoms with Crippen LogP contribution >= 0.6 is 11.6 Å². The molecule has 2 aromatic rings. The number of hydrogen-bond donors (Lipinski definition) is 3. The number of aliphatic hydroxyl groups is 3. The number of rotatable bonds is 7. The molecule has 0 radical (unpaired) electrons. The van der Waals surface area contributed by atoms with Gasteiger partial charge in [0.1, 0.15) is 18.0 Å². The number of ether oxygens (including phenoxy) is 2. The minimum Gasteiger partial charge on any atom is -0.497 e. The smallest absolute Gasteiger partial charge is 0.118 e. The SMILES string of the molecule is C=CC[C@@H]1C(CO)O[C@@H](c2ccc(Cl)c(Cc3ccc(OC)cc3)c2)[C@H](O)[C@H]1O. The predicted molar refractivity (Wildman–Crippen MR) is 112 cm³/mol. The summed E-state index contributed by atoms with van der Waals surface area (Å²) in [6.45, 7) is 3.43. The zero-order chi connectivity index (χ0) is 21.0. The molecule has 5 nitrogen and oxygen atoms in total. The quantitative estimate of drug-likeness (QED) is 0.601. The molecule has 5 atom stereocenters. The van der Waals surface area contributed by atoms with E-state index in [4.69, 9.17) is 21.1 Å². The first-order valence-corrected chi connectivity index (χ1v) is 10.0. The number of allylic oxidation sites excluding steroid dienone is 1. The van der Waals surface area contributed by atoms with Crippen LogP contribution < -0.4 is 4.74 Å². The first-order valence-electron chi connectivity index (χ1n) is 9.63. The van der Waals surface area contributed by atoms with E-state index >= 15 is 0 Å². The van der Waals surface area contributed by atoms with Gasteiger partial charge in [-0.05, 0) is 47.7 Å². The molecule has 1 fully saturated rings. The average molecular weight is 419 g/mol. The second kappa shape index (κ2) is 9.74. The number of hydrogen-bond acceptors (Lipinski definition) is 5. The van der Waals surface area contributed by atoms with E-state index in [-0.39, 0.29) is 6.61 Å². The zero-order valence-electron chi connectivity index (χ0n) is 16.4. The second-order valence-electron chi connectivity index (χ2n) is 7.32. The van der Waals surface area contributed by atoms with Gasteiger partial charge in [0.05, 0.1) is 25.9 Å². The summed E-state index contributed by atoms with van der Waals surface area (Å²) < 4.78 is 11.2. The minimum atomic E-state index is -1.11. The van der Waals surface area contributed by atoms with Gasteiger partial charge in [-0.1, -0.05) is 41.9 Å². The Hall–Kier alpha value is -1.89. The molecular weight excluding hydrogens is 392 g/mol. The molecule has 0 bridgehead atoms. The maximum Gasteiger partial charge on any atom is 0.118 e. The summed E-state index contributed by atoms with van der Waals surface area (Å²) in [5, 5.41) is 31.6. The highest BCUT2D eigenvalue weighted by molar-refractivity contribution is 6.31. The van der Waals surface area contributed by atoms with Crippen molar-refractivity contribution in [2.24, 2.45) is 5.92 Å². The van der Waals surface area contributed by atoms with Crippen LogP contribution in [-0.2, 0) is 11.2 Å². The van der Waals surface area contributed by atoms with Crippen molar-refractivity contribution >= 4 is 11.6 Å². The van der Waals surface area contributed by atoms with Crippen LogP contribution in [0.2, 0.25) is 5.02 Å². The maximum absolute atomic E-state index is 10.7. The van der Waals surface area contributed by atoms with Crippen molar-refractivity contribution in [3.05, 3.63) is 76.8 Å². The molecule has 2 aromatic carbocycles. The normalized spacial score (nSPS) is 26.9. The average Bonchev–Trinajstić information content (AvgIpc) is 2.74. The third-order valence-electron chi connectivity index (χ3n) is 5.47. The molecule has 1 unspecified atom stereocenters. The van der Waals surface area contributed by atoms with Gasteiger partial charge in [0.25, 0.3) is 0 Å². The Bertz CT molecular complexity index is 821. The lowest BCUT2D eigenvalue weighted by Crippen LogP contribution is -2.51. The molecule has 0 aliphatic carbocycles. The summed E-state index contributed by atoms with van der Waals surface area (Å²) in [5.74, 6) is 0.375. The van der Waals surface area contributed by atoms with Gasteiger partial charge < -0.3 is 24.8 Å². The van der Waals surface area contributed by atoms with Crippen molar-refractivity contribution in [3.8, 4) is 5.75 Å². The second-order valence-corrected chi connectivity index (χ2v) is 7.73. The van der Waals surface area contributed by atoms with Gasteiger partial charge in [-0.25, -0.2) is 0 Å². The molecule has 29 heavy (non-hydrogen) atoms. The fourth-order valence-electron chi connectivity index (χ4n) is 3.83. The van der Waals surface area contributed by atoms with Crippen molar-refractivity contribution < 1.29 is 24.8 Å². The number of methoxy groups -OCH3 is 1. The highest BCUT2D eigenvalue weighted by Crippen LogP contribution is 2.38. The van der Waals surface area contributed by atoms with Gasteiger partial charge in [0.15, 0.2) is 0 Å². The molecule has 1 aliphatic rings. The maximum atomic E-state index is 10.7. The molecule has 0 amide bonds. The van der Waals surface area contributed by atoms with E-state index in [2.05, 4.69) is 6.58 Å². The Morgan fingerprint density at radius 3 is 2.48 bits per heavy atom. The summed E-state index contributed by atoms with van der Waals surface area (Å²) in [4.78, 5) is 0. The predicted octanol–water partition coefficient (Wildman–Crippen LogP) is 3.29. The standard InChI is InChI=1S/C23H27ClO5/c1-3-4-18-20(13-25)29-23(22(27)21(18)26)15-7-10-19(24)16(12-15)11-14-5-8-17(28-2)9-6-14/h3,5-10,12,18,20-23,25-27H,1,4,11,13H2,2H3/t18-,20?,21+,22-,23+/m1/s1. The molecule has 1 heterocycles. The van der Waals surface area contributed by atoms with Gasteiger partial charge in [-0.3, -0.25) is 0 Å². The first kappa shape index (κ1) is 21.8. The fraction of sp³-hybridized carbons (Fsp3) is 0.391. The molecule has 1 aliphatic heterocycles. The van der Waals surface area contributed by atoms with E-state index in [1.807, 2.05) is 30.3 Å². The summed E-state index contributed by atoms with van der Waals surface area (Å²) >= 11 is 6.40. The van der Waals surface area contributed by atoms with Crippen molar-refractivity contribution in [1.82, 2.24) is 0 Å². The van der Waals surface area contributed by atoms with Crippen LogP contribution in [0.4, 0.5) is 0 Å². The van der Waals surface area contributed by atoms with Crippen LogP contribution in [0.1, 0.15) is 29.2 Å². The Balaban J connectivity index is 1.85. The van der Waals surface area contributed by atoms with E-state index in [0.29, 0.717) is 23.4 Å². The first-order chi connectivity index (χ1) is 14.0. The minimum absolute atomic E-state index is 0.245. The van der Waals surface area contributed by atoms with Crippen LogP contribution in [-0.4, -0.2) is 47.3 Å². The summed E-state index contributed by atoms with van der Waals surface area (Å²) in [6.07, 6.45) is -0.777. The van der Waals surface area contributed by atoms with Crippen LogP contribution in [0.5, 0.6) is 5.75 Å². The summed E-state index contributed by atoms with van der Waals surface area (Å²) in [7, 11) is 1.62. The molecule has 6 heteroatoms. The molecule has 1 saturated heterocycles. The van der Waals surface area contributed by atoms with Crippen LogP contribution in [0.15, 0.2) is 55.1 Å². The molecule has 0 saturated carbocycles. The van der Waals surface area contributed by atoms with E-state index in [9.17, 15) is 15.3 Å². The third-order valence-corrected chi connectivity index (χ3v) is 5.84. The molecule has 156 valence electrons. The molecular formula is C23H27ClO5. The van der Waals surface area contributed by atoms with Crippen molar-refractivity contribution in [2.75, 3.05) is 13.7 Å². The Morgan fingerprint density at radius 2 is 1.86 bits per heavy atom. The molecule has 0 aromatic heterocycles. The van der Waals surface area contributed by atoms with Crippen molar-refractivity contribution in [3.63, 3.8) is 0 Å². The fourth-order valence-corrected chi connectivity index (χ4v) is 4.01. The lowest BCUT2D eigenvalue weighted by atomic mass is 9.82. The van der Waals surface area contributed by atoms with E-state index in [0.717, 1.165) is 16.9 Å².